The maximum atomic E-state index is 11.8. The van der Waals surface area contributed by atoms with Crippen molar-refractivity contribution in [2.75, 3.05) is 44.7 Å². The molecule has 1 N–H and O–H groups in total. The summed E-state index contributed by atoms with van der Waals surface area (Å²) in [6.45, 7) is 2.66. The van der Waals surface area contributed by atoms with E-state index in [0.717, 1.165) is 48.9 Å². The molecule has 0 spiro atoms. The first-order valence-electron chi connectivity index (χ1n) is 14.3. The molecule has 208 valence electrons. The zero-order valence-corrected chi connectivity index (χ0v) is 22.9. The number of anilines is 1. The molecule has 3 aromatic rings. The van der Waals surface area contributed by atoms with E-state index in [9.17, 15) is 15.2 Å². The lowest BCUT2D eigenvalue weighted by Crippen LogP contribution is -2.55. The Kier molecular flexibility index (Phi) is 7.39. The number of hydrogen-bond donors (Lipinski definition) is 1. The molecule has 2 atom stereocenters. The number of hydrogen-bond acceptors (Lipinski definition) is 8. The second-order valence-electron chi connectivity index (χ2n) is 11.1. The number of carboxylic acid groups (broad SMARTS) is 1. The summed E-state index contributed by atoms with van der Waals surface area (Å²) in [5, 5.41) is 19.8. The largest absolute Gasteiger partial charge is 0.465 e. The van der Waals surface area contributed by atoms with Crippen molar-refractivity contribution in [2.24, 2.45) is 0 Å². The standard InChI is InChI=1S/C30H35N7O3/c1-35-15-5-8-22(35)19-40-29-33-27-25(28(34-29)36-16-17-37(30(38)39)21(18-36)13-14-31)11-12-26(32-27)24-10-4-7-20-6-2-3-9-23(20)24/h4,7,10-12,21-22H,2-3,5-6,8-9,13,15-19H2,1H3,(H,38,39). The minimum Gasteiger partial charge on any atom is -0.465 e. The Hall–Kier alpha value is -3.97. The van der Waals surface area contributed by atoms with Gasteiger partial charge in [0.15, 0.2) is 5.65 Å². The Morgan fingerprint density at radius 2 is 1.95 bits per heavy atom. The van der Waals surface area contributed by atoms with Gasteiger partial charge in [0.1, 0.15) is 12.4 Å². The SMILES string of the molecule is CN1CCCC1COc1nc(N2CCN(C(=O)O)C(CC#N)C2)c2ccc(-c3cccc4c3CCCC4)nc2n1. The van der Waals surface area contributed by atoms with Crippen LogP contribution in [0.5, 0.6) is 6.01 Å². The van der Waals surface area contributed by atoms with Crippen LogP contribution in [0.4, 0.5) is 10.6 Å². The number of rotatable bonds is 6. The Morgan fingerprint density at radius 1 is 1.07 bits per heavy atom. The number of aromatic nitrogens is 3. The summed E-state index contributed by atoms with van der Waals surface area (Å²) in [5.41, 5.74) is 5.37. The topological polar surface area (TPSA) is 119 Å². The van der Waals surface area contributed by atoms with E-state index in [1.165, 1.54) is 28.9 Å². The van der Waals surface area contributed by atoms with Gasteiger partial charge >= 0.3 is 12.1 Å². The third-order valence-electron chi connectivity index (χ3n) is 8.62. The zero-order valence-electron chi connectivity index (χ0n) is 22.9. The fourth-order valence-electron chi connectivity index (χ4n) is 6.39. The van der Waals surface area contributed by atoms with Crippen LogP contribution in [0.3, 0.4) is 0 Å². The lowest BCUT2D eigenvalue weighted by Gasteiger charge is -2.39. The van der Waals surface area contributed by atoms with Crippen LogP contribution in [0, 0.1) is 11.3 Å². The average molecular weight is 542 g/mol. The number of aryl methyl sites for hydroxylation is 1. The first-order chi connectivity index (χ1) is 19.5. The van der Waals surface area contributed by atoms with Gasteiger partial charge in [0.25, 0.3) is 0 Å². The van der Waals surface area contributed by atoms with Crippen LogP contribution in [-0.2, 0) is 12.8 Å². The predicted molar refractivity (Wildman–Crippen MR) is 152 cm³/mol. The van der Waals surface area contributed by atoms with Crippen LogP contribution in [0.15, 0.2) is 30.3 Å². The van der Waals surface area contributed by atoms with Gasteiger partial charge in [-0.2, -0.15) is 15.2 Å². The number of likely N-dealkylation sites (tertiary alicyclic amines) is 1. The molecule has 10 heteroatoms. The highest BCUT2D eigenvalue weighted by molar-refractivity contribution is 5.89. The molecule has 0 bridgehead atoms. The number of pyridine rings is 1. The Morgan fingerprint density at radius 3 is 2.75 bits per heavy atom. The van der Waals surface area contributed by atoms with E-state index < -0.39 is 12.1 Å². The smallest absolute Gasteiger partial charge is 0.407 e. The molecule has 40 heavy (non-hydrogen) atoms. The van der Waals surface area contributed by atoms with E-state index >= 15 is 0 Å². The van der Waals surface area contributed by atoms with Crippen molar-refractivity contribution in [1.29, 1.82) is 5.26 Å². The van der Waals surface area contributed by atoms with Gasteiger partial charge < -0.3 is 24.5 Å². The van der Waals surface area contributed by atoms with Crippen molar-refractivity contribution < 1.29 is 14.6 Å². The highest BCUT2D eigenvalue weighted by Crippen LogP contribution is 2.34. The molecule has 2 unspecified atom stereocenters. The highest BCUT2D eigenvalue weighted by atomic mass is 16.5. The molecule has 3 aliphatic rings. The van der Waals surface area contributed by atoms with Crippen molar-refractivity contribution in [1.82, 2.24) is 24.8 Å². The molecule has 1 aliphatic carbocycles. The zero-order chi connectivity index (χ0) is 27.6. The van der Waals surface area contributed by atoms with Gasteiger partial charge in [0.05, 0.1) is 29.6 Å². The Bertz CT molecular complexity index is 1460. The van der Waals surface area contributed by atoms with Crippen molar-refractivity contribution in [2.45, 2.75) is 57.0 Å². The molecule has 2 aliphatic heterocycles. The van der Waals surface area contributed by atoms with Gasteiger partial charge in [-0.05, 0) is 75.4 Å². The van der Waals surface area contributed by atoms with Crippen LogP contribution >= 0.6 is 0 Å². The van der Waals surface area contributed by atoms with E-state index in [4.69, 9.17) is 19.7 Å². The van der Waals surface area contributed by atoms with Gasteiger partial charge in [-0.1, -0.05) is 18.2 Å². The summed E-state index contributed by atoms with van der Waals surface area (Å²) in [4.78, 5) is 32.1. The summed E-state index contributed by atoms with van der Waals surface area (Å²) >= 11 is 0. The fraction of sp³-hybridized carbons (Fsp3) is 0.500. The maximum absolute atomic E-state index is 11.8. The van der Waals surface area contributed by atoms with Crippen LogP contribution in [0.1, 0.15) is 43.2 Å². The minimum absolute atomic E-state index is 0.116. The quantitative estimate of drug-likeness (QED) is 0.491. The molecular formula is C30H35N7O3. The number of piperazine rings is 1. The van der Waals surface area contributed by atoms with Gasteiger partial charge in [-0.25, -0.2) is 9.78 Å². The lowest BCUT2D eigenvalue weighted by atomic mass is 9.87. The molecule has 4 heterocycles. The molecule has 2 saturated heterocycles. The van der Waals surface area contributed by atoms with E-state index in [1.54, 1.807) is 0 Å². The summed E-state index contributed by atoms with van der Waals surface area (Å²) in [7, 11) is 2.11. The number of carbonyl (C=O) groups is 1. The second-order valence-corrected chi connectivity index (χ2v) is 11.1. The molecule has 10 nitrogen and oxygen atoms in total. The van der Waals surface area contributed by atoms with Crippen molar-refractivity contribution in [3.05, 3.63) is 41.5 Å². The average Bonchev–Trinajstić information content (AvgIpc) is 3.39. The van der Waals surface area contributed by atoms with Crippen molar-refractivity contribution in [3.8, 4) is 23.3 Å². The van der Waals surface area contributed by atoms with Crippen LogP contribution < -0.4 is 9.64 Å². The minimum atomic E-state index is -1.00. The normalized spacial score (nSPS) is 21.3. The summed E-state index contributed by atoms with van der Waals surface area (Å²) in [5.74, 6) is 0.668. The van der Waals surface area contributed by atoms with Gasteiger partial charge in [0, 0.05) is 31.2 Å². The number of benzene rings is 1. The molecular weight excluding hydrogens is 506 g/mol. The molecule has 0 saturated carbocycles. The van der Waals surface area contributed by atoms with Gasteiger partial charge in [-0.15, -0.1) is 0 Å². The Labute approximate surface area is 234 Å². The van der Waals surface area contributed by atoms with E-state index in [1.807, 2.05) is 17.0 Å². The van der Waals surface area contributed by atoms with E-state index in [2.05, 4.69) is 36.2 Å². The predicted octanol–water partition coefficient (Wildman–Crippen LogP) is 4.13. The monoisotopic (exact) mass is 541 g/mol. The summed E-state index contributed by atoms with van der Waals surface area (Å²) in [6, 6.07) is 12.8. The molecule has 1 amide bonds. The first-order valence-corrected chi connectivity index (χ1v) is 14.3. The summed E-state index contributed by atoms with van der Waals surface area (Å²) < 4.78 is 6.18. The van der Waals surface area contributed by atoms with E-state index in [0.29, 0.717) is 37.2 Å². The van der Waals surface area contributed by atoms with Crippen molar-refractivity contribution in [3.63, 3.8) is 0 Å². The molecule has 1 aromatic carbocycles. The second kappa shape index (κ2) is 11.3. The molecule has 6 rings (SSSR count). The third kappa shape index (κ3) is 5.13. The van der Waals surface area contributed by atoms with Gasteiger partial charge in [-0.3, -0.25) is 0 Å². The lowest BCUT2D eigenvalue weighted by molar-refractivity contribution is 0.119. The number of nitrogens with zero attached hydrogens (tertiary/aromatic N) is 7. The maximum Gasteiger partial charge on any atom is 0.407 e. The van der Waals surface area contributed by atoms with Gasteiger partial charge in [0.2, 0.25) is 0 Å². The van der Waals surface area contributed by atoms with Crippen LogP contribution in [0.2, 0.25) is 0 Å². The third-order valence-corrected chi connectivity index (χ3v) is 8.62. The highest BCUT2D eigenvalue weighted by Gasteiger charge is 2.32. The number of amides is 1. The number of fused-ring (bicyclic) bond motifs is 2. The summed E-state index contributed by atoms with van der Waals surface area (Å²) in [6.07, 6.45) is 5.89. The molecule has 2 fully saturated rings. The molecule has 2 aromatic heterocycles. The molecule has 0 radical (unpaired) electrons. The number of nitriles is 1. The van der Waals surface area contributed by atoms with Crippen LogP contribution in [0.25, 0.3) is 22.3 Å². The fourth-order valence-corrected chi connectivity index (χ4v) is 6.39. The Balaban J connectivity index is 1.39. The first kappa shape index (κ1) is 26.3. The van der Waals surface area contributed by atoms with Crippen LogP contribution in [-0.4, -0.2) is 87.9 Å². The number of ether oxygens (including phenoxy) is 1. The van der Waals surface area contributed by atoms with E-state index in [-0.39, 0.29) is 19.0 Å². The number of likely N-dealkylation sites (N-methyl/N-ethyl adjacent to an activating group) is 1. The van der Waals surface area contributed by atoms with Crippen molar-refractivity contribution >= 4 is 22.9 Å².